The third-order valence-corrected chi connectivity index (χ3v) is 3.17. The van der Waals surface area contributed by atoms with Gasteiger partial charge in [0.05, 0.1) is 11.7 Å². The van der Waals surface area contributed by atoms with Crippen LogP contribution in [-0.4, -0.2) is 21.3 Å². The molecule has 3 nitrogen and oxygen atoms in total. The van der Waals surface area contributed by atoms with Crippen molar-refractivity contribution in [1.29, 1.82) is 0 Å². The monoisotopic (exact) mass is 169 g/mol. The molecule has 1 aromatic heterocycles. The van der Waals surface area contributed by atoms with Gasteiger partial charge in [-0.1, -0.05) is 0 Å². The van der Waals surface area contributed by atoms with Crippen molar-refractivity contribution in [3.63, 3.8) is 0 Å². The van der Waals surface area contributed by atoms with Gasteiger partial charge < -0.3 is 5.73 Å². The van der Waals surface area contributed by atoms with Crippen LogP contribution in [0.25, 0.3) is 0 Å². The minimum Gasteiger partial charge on any atom is -0.325 e. The highest BCUT2D eigenvalue weighted by atomic mass is 32.2. The van der Waals surface area contributed by atoms with E-state index in [9.17, 15) is 0 Å². The zero-order valence-electron chi connectivity index (χ0n) is 6.23. The summed E-state index contributed by atoms with van der Waals surface area (Å²) in [5.41, 5.74) is 6.69. The van der Waals surface area contributed by atoms with Gasteiger partial charge in [0.1, 0.15) is 0 Å². The molecule has 1 aliphatic heterocycles. The van der Waals surface area contributed by atoms with Crippen molar-refractivity contribution in [3.8, 4) is 0 Å². The van der Waals surface area contributed by atoms with Gasteiger partial charge in [-0.3, -0.25) is 4.68 Å². The minimum atomic E-state index is 0.598. The fraction of sp³-hybridized carbons (Fsp3) is 0.571. The van der Waals surface area contributed by atoms with E-state index in [1.54, 1.807) is 0 Å². The fourth-order valence-electron chi connectivity index (χ4n) is 1.20. The molecule has 0 bridgehead atoms. The summed E-state index contributed by atoms with van der Waals surface area (Å²) in [6.45, 7) is 0.598. The molecule has 2 heterocycles. The molecular formula is C7H11N3S. The molecule has 0 radical (unpaired) electrons. The minimum absolute atomic E-state index is 0.598. The first-order valence-electron chi connectivity index (χ1n) is 3.72. The third-order valence-electron chi connectivity index (χ3n) is 1.93. The molecule has 1 aliphatic rings. The SMILES string of the molecule is NCc1ccnn1C1CSC1. The maximum Gasteiger partial charge on any atom is 0.0703 e. The Hall–Kier alpha value is -0.480. The number of hydrogen-bond donors (Lipinski definition) is 1. The van der Waals surface area contributed by atoms with Crippen LogP contribution < -0.4 is 5.73 Å². The molecule has 2 rings (SSSR count). The highest BCUT2D eigenvalue weighted by Crippen LogP contribution is 2.29. The van der Waals surface area contributed by atoms with Gasteiger partial charge in [-0.15, -0.1) is 0 Å². The lowest BCUT2D eigenvalue weighted by molar-refractivity contribution is 0.505. The molecule has 1 saturated heterocycles. The van der Waals surface area contributed by atoms with Crippen molar-refractivity contribution >= 4 is 11.8 Å². The second-order valence-electron chi connectivity index (χ2n) is 2.66. The quantitative estimate of drug-likeness (QED) is 0.706. The molecule has 0 amide bonds. The van der Waals surface area contributed by atoms with Crippen molar-refractivity contribution in [3.05, 3.63) is 18.0 Å². The van der Waals surface area contributed by atoms with E-state index in [4.69, 9.17) is 5.73 Å². The maximum absolute atomic E-state index is 5.54. The Balaban J connectivity index is 2.20. The molecule has 1 fully saturated rings. The van der Waals surface area contributed by atoms with Crippen LogP contribution in [0, 0.1) is 0 Å². The van der Waals surface area contributed by atoms with Crippen molar-refractivity contribution in [2.75, 3.05) is 11.5 Å². The zero-order chi connectivity index (χ0) is 7.68. The van der Waals surface area contributed by atoms with Crippen molar-refractivity contribution in [1.82, 2.24) is 9.78 Å². The van der Waals surface area contributed by atoms with Crippen LogP contribution in [0.15, 0.2) is 12.3 Å². The lowest BCUT2D eigenvalue weighted by Crippen LogP contribution is -2.26. The van der Waals surface area contributed by atoms with E-state index in [0.717, 1.165) is 5.69 Å². The first kappa shape index (κ1) is 7.18. The van der Waals surface area contributed by atoms with Gasteiger partial charge in [0, 0.05) is 24.2 Å². The Morgan fingerprint density at radius 3 is 3.09 bits per heavy atom. The molecule has 0 atom stereocenters. The molecule has 0 aromatic carbocycles. The van der Waals surface area contributed by atoms with Crippen molar-refractivity contribution in [2.45, 2.75) is 12.6 Å². The number of nitrogens with zero attached hydrogens (tertiary/aromatic N) is 2. The van der Waals surface area contributed by atoms with Crippen molar-refractivity contribution in [2.24, 2.45) is 5.73 Å². The summed E-state index contributed by atoms with van der Waals surface area (Å²) in [6.07, 6.45) is 1.82. The second kappa shape index (κ2) is 2.87. The molecule has 0 aliphatic carbocycles. The van der Waals surface area contributed by atoms with Gasteiger partial charge in [-0.05, 0) is 6.07 Å². The smallest absolute Gasteiger partial charge is 0.0703 e. The van der Waals surface area contributed by atoms with Crippen LogP contribution >= 0.6 is 11.8 Å². The van der Waals surface area contributed by atoms with E-state index in [0.29, 0.717) is 12.6 Å². The molecule has 1 aromatic rings. The predicted molar refractivity (Wildman–Crippen MR) is 46.5 cm³/mol. The fourth-order valence-corrected chi connectivity index (χ4v) is 1.93. The largest absolute Gasteiger partial charge is 0.325 e. The molecular weight excluding hydrogens is 158 g/mol. The number of hydrogen-bond acceptors (Lipinski definition) is 3. The zero-order valence-corrected chi connectivity index (χ0v) is 7.05. The van der Waals surface area contributed by atoms with Gasteiger partial charge in [0.15, 0.2) is 0 Å². The molecule has 0 saturated carbocycles. The van der Waals surface area contributed by atoms with E-state index >= 15 is 0 Å². The Labute approximate surface area is 70.0 Å². The number of thioether (sulfide) groups is 1. The van der Waals surface area contributed by atoms with Crippen LogP contribution in [0.4, 0.5) is 0 Å². The summed E-state index contributed by atoms with van der Waals surface area (Å²) in [7, 11) is 0. The number of rotatable bonds is 2. The predicted octanol–water partition coefficient (Wildman–Crippen LogP) is 0.630. The van der Waals surface area contributed by atoms with Gasteiger partial charge >= 0.3 is 0 Å². The highest BCUT2D eigenvalue weighted by molar-refractivity contribution is 8.00. The number of nitrogens with two attached hydrogens (primary N) is 1. The topological polar surface area (TPSA) is 43.8 Å². The molecule has 0 spiro atoms. The first-order chi connectivity index (χ1) is 5.42. The molecule has 2 N–H and O–H groups in total. The van der Waals surface area contributed by atoms with Crippen molar-refractivity contribution < 1.29 is 0 Å². The summed E-state index contributed by atoms with van der Waals surface area (Å²) < 4.78 is 2.05. The maximum atomic E-state index is 5.54. The molecule has 60 valence electrons. The summed E-state index contributed by atoms with van der Waals surface area (Å²) >= 11 is 1.96. The summed E-state index contributed by atoms with van der Waals surface area (Å²) in [5, 5.41) is 4.23. The van der Waals surface area contributed by atoms with Crippen LogP contribution in [0.5, 0.6) is 0 Å². The van der Waals surface area contributed by atoms with E-state index < -0.39 is 0 Å². The van der Waals surface area contributed by atoms with E-state index in [1.807, 2.05) is 24.0 Å². The number of aromatic nitrogens is 2. The van der Waals surface area contributed by atoms with Crippen LogP contribution in [-0.2, 0) is 6.54 Å². The lowest BCUT2D eigenvalue weighted by Gasteiger charge is -2.26. The Kier molecular flexibility index (Phi) is 1.87. The standard InChI is InChI=1S/C7H11N3S/c8-3-6-1-2-9-10(6)7-4-11-5-7/h1-2,7H,3-5,8H2. The first-order valence-corrected chi connectivity index (χ1v) is 4.87. The van der Waals surface area contributed by atoms with Gasteiger partial charge in [0.2, 0.25) is 0 Å². The average molecular weight is 169 g/mol. The van der Waals surface area contributed by atoms with Crippen LogP contribution in [0.1, 0.15) is 11.7 Å². The normalized spacial score (nSPS) is 18.3. The summed E-state index contributed by atoms with van der Waals surface area (Å²) in [6, 6.07) is 2.59. The lowest BCUT2D eigenvalue weighted by atomic mass is 10.3. The van der Waals surface area contributed by atoms with Gasteiger partial charge in [-0.25, -0.2) is 0 Å². The van der Waals surface area contributed by atoms with E-state index in [2.05, 4.69) is 9.78 Å². The average Bonchev–Trinajstić information content (AvgIpc) is 2.32. The van der Waals surface area contributed by atoms with E-state index in [-0.39, 0.29) is 0 Å². The highest BCUT2D eigenvalue weighted by Gasteiger charge is 2.21. The van der Waals surface area contributed by atoms with E-state index in [1.165, 1.54) is 11.5 Å². The Bertz CT molecular complexity index is 242. The van der Waals surface area contributed by atoms with Crippen LogP contribution in [0.2, 0.25) is 0 Å². The Morgan fingerprint density at radius 2 is 2.55 bits per heavy atom. The second-order valence-corrected chi connectivity index (χ2v) is 3.74. The molecule has 11 heavy (non-hydrogen) atoms. The molecule has 0 unspecified atom stereocenters. The Morgan fingerprint density at radius 1 is 1.73 bits per heavy atom. The summed E-state index contributed by atoms with van der Waals surface area (Å²) in [5.74, 6) is 2.38. The third kappa shape index (κ3) is 1.16. The van der Waals surface area contributed by atoms with Gasteiger partial charge in [0.25, 0.3) is 0 Å². The summed E-state index contributed by atoms with van der Waals surface area (Å²) in [4.78, 5) is 0. The molecule has 4 heteroatoms. The van der Waals surface area contributed by atoms with Crippen LogP contribution in [0.3, 0.4) is 0 Å². The van der Waals surface area contributed by atoms with Gasteiger partial charge in [-0.2, -0.15) is 16.9 Å².